The van der Waals surface area contributed by atoms with Crippen LogP contribution in [0.5, 0.6) is 0 Å². The third-order valence-corrected chi connectivity index (χ3v) is 4.15. The molecule has 0 aliphatic carbocycles. The van der Waals surface area contributed by atoms with Crippen molar-refractivity contribution in [2.24, 2.45) is 0 Å². The van der Waals surface area contributed by atoms with Gasteiger partial charge in [-0.05, 0) is 41.0 Å². The number of amides is 2. The van der Waals surface area contributed by atoms with Crippen molar-refractivity contribution in [3.63, 3.8) is 0 Å². The Hall–Kier alpha value is -3.61. The maximum atomic E-state index is 12.3. The predicted molar refractivity (Wildman–Crippen MR) is 104 cm³/mol. The van der Waals surface area contributed by atoms with Crippen molar-refractivity contribution in [2.75, 3.05) is 5.32 Å². The van der Waals surface area contributed by atoms with Crippen LogP contribution >= 0.6 is 0 Å². The summed E-state index contributed by atoms with van der Waals surface area (Å²) in [5.74, 6) is -2.36. The minimum absolute atomic E-state index is 0.00582. The van der Waals surface area contributed by atoms with Crippen LogP contribution in [0.3, 0.4) is 0 Å². The van der Waals surface area contributed by atoms with E-state index < -0.39 is 12.1 Å². The molecule has 0 saturated heterocycles. The Morgan fingerprint density at radius 1 is 0.793 bits per heavy atom. The SMILES string of the molecule is O=C(NCc1cccc(NC(=O)C(F)(F)F)c1)c1ccc(-c2ccccc2)cc1. The Morgan fingerprint density at radius 2 is 1.45 bits per heavy atom. The van der Waals surface area contributed by atoms with Gasteiger partial charge in [-0.2, -0.15) is 13.2 Å². The van der Waals surface area contributed by atoms with Crippen LogP contribution in [0, 0.1) is 0 Å². The Kier molecular flexibility index (Phi) is 5.97. The number of anilines is 1. The van der Waals surface area contributed by atoms with Gasteiger partial charge in [0.1, 0.15) is 0 Å². The Bertz CT molecular complexity index is 1000. The Balaban J connectivity index is 1.61. The lowest BCUT2D eigenvalue weighted by Crippen LogP contribution is -2.30. The van der Waals surface area contributed by atoms with Gasteiger partial charge in [0.2, 0.25) is 0 Å². The van der Waals surface area contributed by atoms with E-state index >= 15 is 0 Å². The second kappa shape index (κ2) is 8.60. The van der Waals surface area contributed by atoms with E-state index in [2.05, 4.69) is 5.32 Å². The summed E-state index contributed by atoms with van der Waals surface area (Å²) in [6, 6.07) is 22.7. The maximum absolute atomic E-state index is 12.3. The van der Waals surface area contributed by atoms with Gasteiger partial charge in [0, 0.05) is 17.8 Å². The fourth-order valence-electron chi connectivity index (χ4n) is 2.69. The van der Waals surface area contributed by atoms with E-state index in [1.165, 1.54) is 18.2 Å². The van der Waals surface area contributed by atoms with Gasteiger partial charge in [-0.1, -0.05) is 54.6 Å². The number of carbonyl (C=O) groups excluding carboxylic acids is 2. The van der Waals surface area contributed by atoms with Crippen LogP contribution in [0.15, 0.2) is 78.9 Å². The second-order valence-electron chi connectivity index (χ2n) is 6.28. The molecule has 3 rings (SSSR count). The molecule has 3 aromatic rings. The quantitative estimate of drug-likeness (QED) is 0.650. The van der Waals surface area contributed by atoms with Crippen LogP contribution in [-0.2, 0) is 11.3 Å². The average Bonchev–Trinajstić information content (AvgIpc) is 2.72. The zero-order chi connectivity index (χ0) is 20.9. The highest BCUT2D eigenvalue weighted by Crippen LogP contribution is 2.20. The van der Waals surface area contributed by atoms with E-state index in [9.17, 15) is 22.8 Å². The minimum atomic E-state index is -4.96. The normalized spacial score (nSPS) is 11.0. The van der Waals surface area contributed by atoms with Crippen molar-refractivity contribution in [3.8, 4) is 11.1 Å². The van der Waals surface area contributed by atoms with Crippen molar-refractivity contribution in [1.82, 2.24) is 5.32 Å². The van der Waals surface area contributed by atoms with Gasteiger partial charge in [0.15, 0.2) is 0 Å². The molecule has 0 aliphatic heterocycles. The first-order valence-corrected chi connectivity index (χ1v) is 8.74. The van der Waals surface area contributed by atoms with Crippen LogP contribution in [0.25, 0.3) is 11.1 Å². The molecule has 0 atom stereocenters. The van der Waals surface area contributed by atoms with Gasteiger partial charge in [-0.25, -0.2) is 0 Å². The maximum Gasteiger partial charge on any atom is 0.471 e. The van der Waals surface area contributed by atoms with Gasteiger partial charge in [-0.3, -0.25) is 9.59 Å². The fourth-order valence-corrected chi connectivity index (χ4v) is 2.69. The van der Waals surface area contributed by atoms with Crippen LogP contribution in [0.2, 0.25) is 0 Å². The molecule has 2 amide bonds. The molecule has 29 heavy (non-hydrogen) atoms. The smallest absolute Gasteiger partial charge is 0.348 e. The molecule has 4 nitrogen and oxygen atoms in total. The summed E-state index contributed by atoms with van der Waals surface area (Å²) in [4.78, 5) is 23.4. The molecule has 0 saturated carbocycles. The molecule has 0 heterocycles. The van der Waals surface area contributed by atoms with Gasteiger partial charge >= 0.3 is 12.1 Å². The number of hydrogen-bond acceptors (Lipinski definition) is 2. The molecule has 0 aromatic heterocycles. The number of benzene rings is 3. The third-order valence-electron chi connectivity index (χ3n) is 4.15. The molecular formula is C22H17F3N2O2. The molecule has 0 spiro atoms. The zero-order valence-electron chi connectivity index (χ0n) is 15.2. The third kappa shape index (κ3) is 5.44. The van der Waals surface area contributed by atoms with Crippen molar-refractivity contribution in [1.29, 1.82) is 0 Å². The second-order valence-corrected chi connectivity index (χ2v) is 6.28. The standard InChI is InChI=1S/C22H17F3N2O2/c23-22(24,25)21(29)27-19-8-4-5-15(13-19)14-26-20(28)18-11-9-17(10-12-18)16-6-2-1-3-7-16/h1-13H,14H2,(H,26,28)(H,27,29). The van der Waals surface area contributed by atoms with Crippen molar-refractivity contribution in [3.05, 3.63) is 90.0 Å². The van der Waals surface area contributed by atoms with E-state index in [4.69, 9.17) is 0 Å². The summed E-state index contributed by atoms with van der Waals surface area (Å²) in [5, 5.41) is 4.50. The van der Waals surface area contributed by atoms with Crippen molar-refractivity contribution < 1.29 is 22.8 Å². The van der Waals surface area contributed by atoms with Crippen LogP contribution in [0.4, 0.5) is 18.9 Å². The van der Waals surface area contributed by atoms with E-state index in [-0.39, 0.29) is 18.1 Å². The summed E-state index contributed by atoms with van der Waals surface area (Å²) in [7, 11) is 0. The molecule has 0 radical (unpaired) electrons. The predicted octanol–water partition coefficient (Wildman–Crippen LogP) is 4.78. The molecule has 0 fully saturated rings. The van der Waals surface area contributed by atoms with Gasteiger partial charge in [0.25, 0.3) is 5.91 Å². The first kappa shape index (κ1) is 20.1. The zero-order valence-corrected chi connectivity index (χ0v) is 15.2. The summed E-state index contributed by atoms with van der Waals surface area (Å²) in [5.41, 5.74) is 3.05. The highest BCUT2D eigenvalue weighted by atomic mass is 19.4. The van der Waals surface area contributed by atoms with Crippen molar-refractivity contribution in [2.45, 2.75) is 12.7 Å². The van der Waals surface area contributed by atoms with Crippen LogP contribution in [-0.4, -0.2) is 18.0 Å². The number of hydrogen-bond donors (Lipinski definition) is 2. The lowest BCUT2D eigenvalue weighted by Gasteiger charge is -2.10. The Labute approximate surface area is 165 Å². The number of alkyl halides is 3. The van der Waals surface area contributed by atoms with E-state index in [0.717, 1.165) is 11.1 Å². The lowest BCUT2D eigenvalue weighted by molar-refractivity contribution is -0.167. The van der Waals surface area contributed by atoms with E-state index in [0.29, 0.717) is 11.1 Å². The monoisotopic (exact) mass is 398 g/mol. The fraction of sp³-hybridized carbons (Fsp3) is 0.0909. The first-order valence-electron chi connectivity index (χ1n) is 8.74. The van der Waals surface area contributed by atoms with Crippen LogP contribution < -0.4 is 10.6 Å². The highest BCUT2D eigenvalue weighted by molar-refractivity contribution is 5.95. The first-order chi connectivity index (χ1) is 13.8. The molecular weight excluding hydrogens is 381 g/mol. The van der Waals surface area contributed by atoms with Gasteiger partial charge in [-0.15, -0.1) is 0 Å². The van der Waals surface area contributed by atoms with E-state index in [1.807, 2.05) is 42.5 Å². The van der Waals surface area contributed by atoms with Crippen LogP contribution in [0.1, 0.15) is 15.9 Å². The number of rotatable bonds is 5. The molecule has 2 N–H and O–H groups in total. The minimum Gasteiger partial charge on any atom is -0.348 e. The molecule has 0 unspecified atom stereocenters. The Morgan fingerprint density at radius 3 is 2.10 bits per heavy atom. The highest BCUT2D eigenvalue weighted by Gasteiger charge is 2.38. The molecule has 0 bridgehead atoms. The topological polar surface area (TPSA) is 58.2 Å². The average molecular weight is 398 g/mol. The summed E-state index contributed by atoms with van der Waals surface area (Å²) < 4.78 is 37.0. The summed E-state index contributed by atoms with van der Waals surface area (Å²) in [6.45, 7) is 0.106. The molecule has 7 heteroatoms. The van der Waals surface area contributed by atoms with Gasteiger partial charge < -0.3 is 10.6 Å². The summed E-state index contributed by atoms with van der Waals surface area (Å²) in [6.07, 6.45) is -4.96. The number of carbonyl (C=O) groups is 2. The lowest BCUT2D eigenvalue weighted by atomic mass is 10.0. The molecule has 0 aliphatic rings. The molecule has 3 aromatic carbocycles. The van der Waals surface area contributed by atoms with Gasteiger partial charge in [0.05, 0.1) is 0 Å². The van der Waals surface area contributed by atoms with E-state index in [1.54, 1.807) is 23.5 Å². The largest absolute Gasteiger partial charge is 0.471 e. The summed E-state index contributed by atoms with van der Waals surface area (Å²) >= 11 is 0. The molecule has 148 valence electrons. The number of nitrogens with one attached hydrogen (secondary N) is 2. The van der Waals surface area contributed by atoms with Crippen molar-refractivity contribution >= 4 is 17.5 Å². The number of halogens is 3.